The number of furan rings is 1. The number of benzene rings is 6. The van der Waals surface area contributed by atoms with E-state index in [0.717, 1.165) is 51.0 Å². The van der Waals surface area contributed by atoms with Crippen molar-refractivity contribution in [3.63, 3.8) is 0 Å². The number of nitrogens with zero attached hydrogens (tertiary/aromatic N) is 7. The molecule has 0 saturated carbocycles. The second kappa shape index (κ2) is 43.2. The number of azo groups is 1. The van der Waals surface area contributed by atoms with E-state index in [4.69, 9.17) is 88.1 Å². The Kier molecular flexibility index (Phi) is 35.7. The Morgan fingerprint density at radius 1 is 0.646 bits per heavy atom. The maximum absolute atomic E-state index is 11.0. The van der Waals surface area contributed by atoms with Gasteiger partial charge in [-0.2, -0.15) is 34.5 Å². The van der Waals surface area contributed by atoms with Crippen molar-refractivity contribution in [1.29, 1.82) is 0 Å². The van der Waals surface area contributed by atoms with Gasteiger partial charge >= 0.3 is 36.2 Å². The van der Waals surface area contributed by atoms with Gasteiger partial charge in [-0.1, -0.05) is 112 Å². The molecular formula is C68H59Cl4N7O15S2. The van der Waals surface area contributed by atoms with Crippen molar-refractivity contribution in [1.82, 2.24) is 19.9 Å². The fraction of sp³-hybridized carbons (Fsp3) is 0.103. The molecule has 0 aliphatic rings. The van der Waals surface area contributed by atoms with Crippen LogP contribution in [0.25, 0.3) is 22.6 Å². The predicted octanol–water partition coefficient (Wildman–Crippen LogP) is 17.2. The van der Waals surface area contributed by atoms with Crippen LogP contribution in [0.1, 0.15) is 64.7 Å². The number of ether oxygens (including phenoxy) is 1. The van der Waals surface area contributed by atoms with E-state index in [1.165, 1.54) is 40.8 Å². The van der Waals surface area contributed by atoms with E-state index in [1.807, 2.05) is 144 Å². The van der Waals surface area contributed by atoms with Gasteiger partial charge in [-0.05, 0) is 158 Å². The van der Waals surface area contributed by atoms with Crippen molar-refractivity contribution in [3.8, 4) is 28.4 Å². The first-order valence-electron chi connectivity index (χ1n) is 27.5. The molecule has 496 valence electrons. The highest BCUT2D eigenvalue weighted by Crippen LogP contribution is 2.33. The number of thiophene rings is 1. The highest BCUT2D eigenvalue weighted by Gasteiger charge is 2.15. The Balaban J connectivity index is 0.000000296. The molecule has 0 atom stereocenters. The van der Waals surface area contributed by atoms with Crippen LogP contribution in [0, 0.1) is 6.92 Å². The molecule has 5 aromatic heterocycles. The zero-order chi connectivity index (χ0) is 69.7. The van der Waals surface area contributed by atoms with Crippen LogP contribution in [0.3, 0.4) is 0 Å². The Labute approximate surface area is 579 Å². The van der Waals surface area contributed by atoms with Crippen molar-refractivity contribution in [3.05, 3.63) is 266 Å². The largest absolute Gasteiger partial charge is 0.492 e. The molecule has 0 spiro atoms. The molecule has 6 aromatic carbocycles. The van der Waals surface area contributed by atoms with Crippen LogP contribution in [0.2, 0.25) is 15.1 Å². The number of aromatic nitrogens is 4. The number of carboxylic acids is 4. The molecule has 4 N–H and O–H groups in total. The van der Waals surface area contributed by atoms with Gasteiger partial charge in [-0.15, -0.1) is 23.7 Å². The lowest BCUT2D eigenvalue weighted by Crippen LogP contribution is -2.07. The number of pyridine rings is 1. The Morgan fingerprint density at radius 2 is 1.24 bits per heavy atom. The number of aryl methyl sites for hydroxylation is 2. The monoisotopic (exact) mass is 1420 g/mol. The van der Waals surface area contributed by atoms with Crippen LogP contribution in [0.5, 0.6) is 5.75 Å². The Bertz CT molecular complexity index is 4250. The van der Waals surface area contributed by atoms with E-state index in [1.54, 1.807) is 83.1 Å². The molecule has 0 amide bonds. The second-order valence-corrected chi connectivity index (χ2v) is 21.9. The molecule has 28 heteroatoms. The van der Waals surface area contributed by atoms with E-state index >= 15 is 0 Å². The topological polar surface area (TPSA) is 325 Å². The molecule has 0 aliphatic heterocycles. The average Bonchev–Trinajstić information content (AvgIpc) is 1.80. The summed E-state index contributed by atoms with van der Waals surface area (Å²) in [4.78, 5) is 82.6. The summed E-state index contributed by atoms with van der Waals surface area (Å²) in [5, 5.41) is 55.0. The van der Waals surface area contributed by atoms with Gasteiger partial charge < -0.3 is 39.0 Å². The summed E-state index contributed by atoms with van der Waals surface area (Å²) < 4.78 is 17.0. The number of hydrogen-bond donors (Lipinski definition) is 4. The summed E-state index contributed by atoms with van der Waals surface area (Å²) >= 11 is 20.0. The summed E-state index contributed by atoms with van der Waals surface area (Å²) in [6.07, 6.45) is 6.45. The van der Waals surface area contributed by atoms with Crippen molar-refractivity contribution >= 4 is 124 Å². The van der Waals surface area contributed by atoms with Gasteiger partial charge in [0.1, 0.15) is 16.5 Å². The highest BCUT2D eigenvalue weighted by atomic mass is 35.5. The average molecular weight is 1420 g/mol. The standard InChI is InChI=1S/C14H15N3.C14H12O2.C12H8ClNO2S.C11H6Cl2O3.C8H9N3O.C7H8O3S.2CO2.ClH/c1-17(2)14-10-8-13(9-11-14)16-15-12-6-4-3-5-7-12;15-14(16)13-8-6-12(7-9-13)10-11-4-2-1-3-5-11;13-8-3-5-9(6-4-8)17-11-10(12(15)16)2-1-7-14-11;12-6-1-2-7(8(13)5-6)9-3-4-10(16-9)11(14)15;1-6-7(5-11(2)10-6)8-3-4-9-12-8;1-2-10-5-3-4-11-6(5)7(8)9;2*2-1-3;/h3-11H,1-2H3;1-9H,10H2,(H,15,16);1-7H,(H,15,16);1-5H,(H,14,15);3-5H,1-2H3;3-4H,2H2,1H3,(H,8,9);;;1H. The number of rotatable bonds is 15. The molecule has 5 heterocycles. The number of carboxylic acid groups (broad SMARTS) is 4. The van der Waals surface area contributed by atoms with Crippen LogP contribution < -0.4 is 9.64 Å². The maximum atomic E-state index is 11.0. The highest BCUT2D eigenvalue weighted by molar-refractivity contribution is 7.99. The van der Waals surface area contributed by atoms with Crippen molar-refractivity contribution in [2.45, 2.75) is 30.2 Å². The summed E-state index contributed by atoms with van der Waals surface area (Å²) in [5.74, 6) is -2.40. The van der Waals surface area contributed by atoms with E-state index < -0.39 is 23.9 Å². The molecule has 11 aromatic rings. The van der Waals surface area contributed by atoms with Gasteiger partial charge in [0.15, 0.2) is 10.6 Å². The van der Waals surface area contributed by atoms with E-state index in [0.29, 0.717) is 49.3 Å². The molecular weight excluding hydrogens is 1360 g/mol. The molecule has 0 aliphatic carbocycles. The van der Waals surface area contributed by atoms with Crippen molar-refractivity contribution in [2.24, 2.45) is 17.3 Å². The Morgan fingerprint density at radius 3 is 1.75 bits per heavy atom. The summed E-state index contributed by atoms with van der Waals surface area (Å²) in [6, 6.07) is 56.4. The van der Waals surface area contributed by atoms with Crippen LogP contribution in [0.15, 0.2) is 241 Å². The van der Waals surface area contributed by atoms with Gasteiger partial charge in [0.05, 0.1) is 51.6 Å². The number of carbonyl (C=O) groups is 4. The fourth-order valence-corrected chi connectivity index (χ4v) is 9.65. The number of carbonyl (C=O) groups excluding carboxylic acids is 4. The van der Waals surface area contributed by atoms with Crippen LogP contribution in [-0.2, 0) is 32.6 Å². The molecule has 0 unspecified atom stereocenters. The summed E-state index contributed by atoms with van der Waals surface area (Å²) in [6.45, 7) is 4.26. The van der Waals surface area contributed by atoms with Gasteiger partial charge in [-0.3, -0.25) is 4.68 Å². The molecule has 22 nitrogen and oxygen atoms in total. The zero-order valence-corrected chi connectivity index (χ0v) is 56.1. The minimum absolute atomic E-state index is 0. The van der Waals surface area contributed by atoms with Gasteiger partial charge in [0.25, 0.3) is 0 Å². The molecule has 96 heavy (non-hydrogen) atoms. The molecule has 0 fully saturated rings. The number of halogens is 4. The molecule has 0 saturated heterocycles. The summed E-state index contributed by atoms with van der Waals surface area (Å²) in [5.41, 5.74) is 8.32. The minimum Gasteiger partial charge on any atom is -0.492 e. The second-order valence-electron chi connectivity index (χ2n) is 18.6. The first-order valence-corrected chi connectivity index (χ1v) is 30.3. The van der Waals surface area contributed by atoms with Crippen LogP contribution >= 0.6 is 70.3 Å². The van der Waals surface area contributed by atoms with Gasteiger partial charge in [-0.25, -0.2) is 24.2 Å². The Hall–Kier alpha value is -10.8. The first-order chi connectivity index (χ1) is 45.6. The lowest BCUT2D eigenvalue weighted by atomic mass is 10.0. The van der Waals surface area contributed by atoms with E-state index in [2.05, 4.69) is 42.5 Å². The third-order valence-electron chi connectivity index (χ3n) is 11.7. The lowest BCUT2D eigenvalue weighted by Gasteiger charge is -2.11. The van der Waals surface area contributed by atoms with Gasteiger partial charge in [0, 0.05) is 65.8 Å². The number of anilines is 1. The zero-order valence-electron chi connectivity index (χ0n) is 51.4. The van der Waals surface area contributed by atoms with Crippen LogP contribution in [0.4, 0.5) is 17.1 Å². The number of aromatic carboxylic acids is 4. The smallest absolute Gasteiger partial charge is 0.373 e. The van der Waals surface area contributed by atoms with Gasteiger partial charge in [0.2, 0.25) is 5.76 Å². The van der Waals surface area contributed by atoms with E-state index in [-0.39, 0.29) is 40.9 Å². The quantitative estimate of drug-likeness (QED) is 0.0693. The minimum atomic E-state index is -1.11. The molecule has 0 radical (unpaired) electrons. The van der Waals surface area contributed by atoms with Crippen LogP contribution in [-0.4, -0.2) is 97.2 Å². The number of hydrogen-bond acceptors (Lipinski definition) is 19. The SMILES string of the molecule is CCOc1ccsc1C(=O)O.CN(C)c1ccc(N=Nc2ccccc2)cc1.Cc1nn(C)cc1-c1ccno1.Cl.O=C(O)c1ccc(-c2ccc(Cl)cc2Cl)o1.O=C(O)c1ccc(Cc2ccccc2)cc1.O=C(O)c1cccnc1Sc1ccc(Cl)cc1.O=C=O.O=C=O. The third kappa shape index (κ3) is 28.2. The molecule has 0 bridgehead atoms. The first kappa shape index (κ1) is 79.5. The third-order valence-corrected chi connectivity index (χ3v) is 14.4. The summed E-state index contributed by atoms with van der Waals surface area (Å²) in [7, 11) is 5.91. The van der Waals surface area contributed by atoms with Crippen molar-refractivity contribution < 1.29 is 72.5 Å². The fourth-order valence-electron chi connectivity index (χ4n) is 7.48. The molecule has 11 rings (SSSR count). The van der Waals surface area contributed by atoms with Crippen molar-refractivity contribution in [2.75, 3.05) is 25.6 Å². The normalized spacial score (nSPS) is 9.67. The maximum Gasteiger partial charge on any atom is 0.373 e. The lowest BCUT2D eigenvalue weighted by molar-refractivity contribution is -0.193. The van der Waals surface area contributed by atoms with E-state index in [9.17, 15) is 19.2 Å². The predicted molar refractivity (Wildman–Crippen MR) is 365 cm³/mol.